The Morgan fingerprint density at radius 3 is 2.60 bits per heavy atom. The molecule has 0 unspecified atom stereocenters. The molecule has 1 amide bonds. The minimum Gasteiger partial charge on any atom is -0.439 e. The van der Waals surface area contributed by atoms with Crippen LogP contribution in [0.4, 0.5) is 11.5 Å². The van der Waals surface area contributed by atoms with E-state index in [9.17, 15) is 4.79 Å². The van der Waals surface area contributed by atoms with Gasteiger partial charge in [0.05, 0.1) is 0 Å². The number of aromatic nitrogens is 2. The summed E-state index contributed by atoms with van der Waals surface area (Å²) in [4.78, 5) is 19.6. The molecule has 6 heteroatoms. The quantitative estimate of drug-likeness (QED) is 0.834. The lowest BCUT2D eigenvalue weighted by atomic mass is 10.2. The number of carbonyl (C=O) groups is 1. The molecule has 0 saturated carbocycles. The van der Waals surface area contributed by atoms with Crippen molar-refractivity contribution in [1.82, 2.24) is 9.97 Å². The summed E-state index contributed by atoms with van der Waals surface area (Å²) in [6, 6.07) is 8.51. The summed E-state index contributed by atoms with van der Waals surface area (Å²) in [5.74, 6) is 1.14. The van der Waals surface area contributed by atoms with Crippen LogP contribution in [0.2, 0.25) is 0 Å². The lowest BCUT2D eigenvalue weighted by molar-refractivity contribution is -0.118. The van der Waals surface area contributed by atoms with Crippen LogP contribution in [0.3, 0.4) is 0 Å². The molecule has 0 saturated heterocycles. The zero-order chi connectivity index (χ0) is 14.5. The van der Waals surface area contributed by atoms with E-state index in [0.29, 0.717) is 23.1 Å². The number of ether oxygens (including phenoxy) is 1. The predicted octanol–water partition coefficient (Wildman–Crippen LogP) is 2.45. The van der Waals surface area contributed by atoms with E-state index < -0.39 is 0 Å². The minimum absolute atomic E-state index is 0.109. The summed E-state index contributed by atoms with van der Waals surface area (Å²) in [7, 11) is 0. The number of anilines is 2. The van der Waals surface area contributed by atoms with Crippen LogP contribution in [-0.4, -0.2) is 15.9 Å². The van der Waals surface area contributed by atoms with Crippen molar-refractivity contribution in [3.05, 3.63) is 36.7 Å². The molecule has 0 radical (unpaired) electrons. The Morgan fingerprint density at radius 1 is 1.25 bits per heavy atom. The Bertz CT molecular complexity index is 596. The molecule has 1 heterocycles. The first-order valence-corrected chi connectivity index (χ1v) is 6.21. The lowest BCUT2D eigenvalue weighted by Crippen LogP contribution is -2.18. The van der Waals surface area contributed by atoms with Crippen LogP contribution >= 0.6 is 0 Å². The fourth-order valence-electron chi connectivity index (χ4n) is 1.39. The van der Waals surface area contributed by atoms with E-state index in [1.54, 1.807) is 30.3 Å². The summed E-state index contributed by atoms with van der Waals surface area (Å²) in [6.07, 6.45) is 1.34. The third-order valence-corrected chi connectivity index (χ3v) is 2.52. The third-order valence-electron chi connectivity index (χ3n) is 2.52. The number of hydrogen-bond donors (Lipinski definition) is 2. The van der Waals surface area contributed by atoms with Gasteiger partial charge in [-0.2, -0.15) is 0 Å². The molecule has 0 aliphatic heterocycles. The van der Waals surface area contributed by atoms with Gasteiger partial charge in [0.1, 0.15) is 17.9 Å². The van der Waals surface area contributed by atoms with E-state index >= 15 is 0 Å². The van der Waals surface area contributed by atoms with Gasteiger partial charge in [-0.15, -0.1) is 0 Å². The van der Waals surface area contributed by atoms with Crippen molar-refractivity contribution in [2.24, 2.45) is 5.92 Å². The smallest absolute Gasteiger partial charge is 0.228 e. The second-order valence-electron chi connectivity index (χ2n) is 4.56. The van der Waals surface area contributed by atoms with E-state index in [4.69, 9.17) is 10.5 Å². The first-order chi connectivity index (χ1) is 9.54. The standard InChI is InChI=1S/C14H16N4O2/c1-9(2)14(19)18-12-7-13(17-8-16-12)20-11-5-3-10(15)4-6-11/h3-9H,15H2,1-2H3,(H,16,17,18,19). The normalized spacial score (nSPS) is 10.3. The summed E-state index contributed by atoms with van der Waals surface area (Å²) in [5, 5.41) is 2.69. The van der Waals surface area contributed by atoms with Gasteiger partial charge in [0.15, 0.2) is 0 Å². The minimum atomic E-state index is -0.119. The Morgan fingerprint density at radius 2 is 1.95 bits per heavy atom. The molecule has 0 fully saturated rings. The molecular weight excluding hydrogens is 256 g/mol. The largest absolute Gasteiger partial charge is 0.439 e. The Labute approximate surface area is 117 Å². The number of nitrogens with one attached hydrogen (secondary N) is 1. The first-order valence-electron chi connectivity index (χ1n) is 6.21. The maximum absolute atomic E-state index is 11.6. The van der Waals surface area contributed by atoms with Gasteiger partial charge >= 0.3 is 0 Å². The molecular formula is C14H16N4O2. The zero-order valence-corrected chi connectivity index (χ0v) is 11.3. The average Bonchev–Trinajstić information content (AvgIpc) is 2.42. The molecule has 0 bridgehead atoms. The fraction of sp³-hybridized carbons (Fsp3) is 0.214. The number of nitrogens with two attached hydrogens (primary N) is 1. The number of amides is 1. The van der Waals surface area contributed by atoms with E-state index in [0.717, 1.165) is 0 Å². The van der Waals surface area contributed by atoms with Crippen molar-refractivity contribution in [1.29, 1.82) is 0 Å². The van der Waals surface area contributed by atoms with Crippen molar-refractivity contribution in [3.8, 4) is 11.6 Å². The molecule has 0 aliphatic carbocycles. The van der Waals surface area contributed by atoms with E-state index in [1.807, 2.05) is 13.8 Å². The number of hydrogen-bond acceptors (Lipinski definition) is 5. The monoisotopic (exact) mass is 272 g/mol. The first kappa shape index (κ1) is 13.8. The summed E-state index contributed by atoms with van der Waals surface area (Å²) >= 11 is 0. The summed E-state index contributed by atoms with van der Waals surface area (Å²) in [6.45, 7) is 3.62. The highest BCUT2D eigenvalue weighted by Gasteiger charge is 2.09. The van der Waals surface area contributed by atoms with Gasteiger partial charge in [0.2, 0.25) is 11.8 Å². The molecule has 0 aliphatic rings. The van der Waals surface area contributed by atoms with Crippen LogP contribution < -0.4 is 15.8 Å². The van der Waals surface area contributed by atoms with Crippen molar-refractivity contribution in [3.63, 3.8) is 0 Å². The molecule has 1 aromatic heterocycles. The predicted molar refractivity (Wildman–Crippen MR) is 76.4 cm³/mol. The molecule has 3 N–H and O–H groups in total. The SMILES string of the molecule is CC(C)C(=O)Nc1cc(Oc2ccc(N)cc2)ncn1. The van der Waals surface area contributed by atoms with Crippen molar-refractivity contribution < 1.29 is 9.53 Å². The van der Waals surface area contributed by atoms with Gasteiger partial charge < -0.3 is 15.8 Å². The van der Waals surface area contributed by atoms with Gasteiger partial charge in [-0.1, -0.05) is 13.8 Å². The van der Waals surface area contributed by atoms with Gasteiger partial charge in [-0.3, -0.25) is 4.79 Å². The Hall–Kier alpha value is -2.63. The average molecular weight is 272 g/mol. The third kappa shape index (κ3) is 3.68. The Kier molecular flexibility index (Phi) is 4.14. The van der Waals surface area contributed by atoms with Crippen LogP contribution in [0.25, 0.3) is 0 Å². The summed E-state index contributed by atoms with van der Waals surface area (Å²) < 4.78 is 5.56. The van der Waals surface area contributed by atoms with Crippen LogP contribution in [0.1, 0.15) is 13.8 Å². The molecule has 2 rings (SSSR count). The topological polar surface area (TPSA) is 90.1 Å². The van der Waals surface area contributed by atoms with Gasteiger partial charge in [0, 0.05) is 17.7 Å². The summed E-state index contributed by atoms with van der Waals surface area (Å²) in [5.41, 5.74) is 6.26. The van der Waals surface area contributed by atoms with Gasteiger partial charge in [-0.25, -0.2) is 9.97 Å². The molecule has 0 atom stereocenters. The maximum Gasteiger partial charge on any atom is 0.228 e. The molecule has 2 aromatic rings. The number of rotatable bonds is 4. The van der Waals surface area contributed by atoms with Gasteiger partial charge in [-0.05, 0) is 24.3 Å². The lowest BCUT2D eigenvalue weighted by Gasteiger charge is -2.08. The van der Waals surface area contributed by atoms with E-state index in [1.165, 1.54) is 6.33 Å². The zero-order valence-electron chi connectivity index (χ0n) is 11.3. The maximum atomic E-state index is 11.6. The molecule has 104 valence electrons. The van der Waals surface area contributed by atoms with Crippen molar-refractivity contribution >= 4 is 17.4 Å². The van der Waals surface area contributed by atoms with Gasteiger partial charge in [0.25, 0.3) is 0 Å². The molecule has 6 nitrogen and oxygen atoms in total. The number of carbonyl (C=O) groups excluding carboxylic acids is 1. The molecule has 20 heavy (non-hydrogen) atoms. The van der Waals surface area contributed by atoms with E-state index in [2.05, 4.69) is 15.3 Å². The van der Waals surface area contributed by atoms with Crippen LogP contribution in [-0.2, 0) is 4.79 Å². The van der Waals surface area contributed by atoms with Crippen LogP contribution in [0.15, 0.2) is 36.7 Å². The van der Waals surface area contributed by atoms with Crippen LogP contribution in [0, 0.1) is 5.92 Å². The number of benzene rings is 1. The van der Waals surface area contributed by atoms with Crippen molar-refractivity contribution in [2.45, 2.75) is 13.8 Å². The fourth-order valence-corrected chi connectivity index (χ4v) is 1.39. The number of nitrogens with zero attached hydrogens (tertiary/aromatic N) is 2. The molecule has 0 spiro atoms. The highest BCUT2D eigenvalue weighted by atomic mass is 16.5. The van der Waals surface area contributed by atoms with Crippen LogP contribution in [0.5, 0.6) is 11.6 Å². The highest BCUT2D eigenvalue weighted by molar-refractivity contribution is 5.91. The number of nitrogen functional groups attached to an aromatic ring is 1. The Balaban J connectivity index is 2.09. The van der Waals surface area contributed by atoms with E-state index in [-0.39, 0.29) is 11.8 Å². The van der Waals surface area contributed by atoms with Crippen molar-refractivity contribution in [2.75, 3.05) is 11.1 Å². The second kappa shape index (κ2) is 6.01. The highest BCUT2D eigenvalue weighted by Crippen LogP contribution is 2.21. The second-order valence-corrected chi connectivity index (χ2v) is 4.56. The molecule has 1 aromatic carbocycles.